The summed E-state index contributed by atoms with van der Waals surface area (Å²) < 4.78 is 5.49. The van der Waals surface area contributed by atoms with Crippen molar-refractivity contribution in [3.05, 3.63) is 24.3 Å². The van der Waals surface area contributed by atoms with Gasteiger partial charge in [0.2, 0.25) is 5.91 Å². The summed E-state index contributed by atoms with van der Waals surface area (Å²) in [6.45, 7) is 4.97. The number of carbonyl (C=O) groups excluding carboxylic acids is 2. The summed E-state index contributed by atoms with van der Waals surface area (Å²) in [5.41, 5.74) is 0. The topological polar surface area (TPSA) is 95.9 Å². The van der Waals surface area contributed by atoms with Crippen LogP contribution in [-0.4, -0.2) is 47.4 Å². The number of aliphatic hydroxyl groups is 2. The third-order valence-corrected chi connectivity index (χ3v) is 15.5. The Balaban J connectivity index is 3.38. The van der Waals surface area contributed by atoms with E-state index >= 15 is 0 Å². The summed E-state index contributed by atoms with van der Waals surface area (Å²) in [6, 6.07) is -0.542. The van der Waals surface area contributed by atoms with Crippen molar-refractivity contribution in [2.24, 2.45) is 0 Å². The van der Waals surface area contributed by atoms with Crippen LogP contribution >= 0.6 is 0 Å². The second-order valence-electron chi connectivity index (χ2n) is 22.8. The molecule has 0 saturated carbocycles. The predicted molar refractivity (Wildman–Crippen MR) is 320 cm³/mol. The number of rotatable bonds is 62. The molecule has 0 fully saturated rings. The first-order chi connectivity index (χ1) is 36.0. The maximum Gasteiger partial charge on any atom is 0.305 e. The Morgan fingerprint density at radius 1 is 0.370 bits per heavy atom. The number of ether oxygens (including phenoxy) is 1. The molecule has 0 rings (SSSR count). The van der Waals surface area contributed by atoms with E-state index in [0.717, 1.165) is 44.9 Å². The van der Waals surface area contributed by atoms with Gasteiger partial charge in [0.05, 0.1) is 25.4 Å². The molecule has 0 aromatic heterocycles. The molecular formula is C67H129NO5. The van der Waals surface area contributed by atoms with Gasteiger partial charge in [-0.2, -0.15) is 0 Å². The second kappa shape index (κ2) is 62.9. The molecule has 2 unspecified atom stereocenters. The van der Waals surface area contributed by atoms with Gasteiger partial charge in [-0.1, -0.05) is 301 Å². The molecular weight excluding hydrogens is 899 g/mol. The summed E-state index contributed by atoms with van der Waals surface area (Å²) in [5.74, 6) is -0.0275. The van der Waals surface area contributed by atoms with E-state index < -0.39 is 12.1 Å². The maximum absolute atomic E-state index is 12.5. The smallest absolute Gasteiger partial charge is 0.305 e. The van der Waals surface area contributed by atoms with Crippen LogP contribution in [0.25, 0.3) is 0 Å². The van der Waals surface area contributed by atoms with Gasteiger partial charge in [0.25, 0.3) is 0 Å². The monoisotopic (exact) mass is 1030 g/mol. The summed E-state index contributed by atoms with van der Waals surface area (Å²) in [5, 5.41) is 23.3. The molecule has 432 valence electrons. The molecule has 0 aliphatic carbocycles. The number of aliphatic hydroxyl groups excluding tert-OH is 2. The van der Waals surface area contributed by atoms with Crippen molar-refractivity contribution in [3.8, 4) is 0 Å². The number of hydrogen-bond acceptors (Lipinski definition) is 5. The van der Waals surface area contributed by atoms with Crippen molar-refractivity contribution in [3.63, 3.8) is 0 Å². The van der Waals surface area contributed by atoms with Crippen LogP contribution in [0.1, 0.15) is 367 Å². The molecule has 73 heavy (non-hydrogen) atoms. The number of unbranched alkanes of at least 4 members (excludes halogenated alkanes) is 47. The van der Waals surface area contributed by atoms with E-state index in [0.29, 0.717) is 25.9 Å². The van der Waals surface area contributed by atoms with Crippen LogP contribution in [-0.2, 0) is 14.3 Å². The Labute approximate surface area is 456 Å². The molecule has 2 atom stereocenters. The lowest BCUT2D eigenvalue weighted by Crippen LogP contribution is -2.45. The zero-order valence-corrected chi connectivity index (χ0v) is 49.4. The summed E-state index contributed by atoms with van der Waals surface area (Å²) >= 11 is 0. The Bertz CT molecular complexity index is 1140. The summed E-state index contributed by atoms with van der Waals surface area (Å²) in [7, 11) is 0. The van der Waals surface area contributed by atoms with E-state index in [4.69, 9.17) is 4.74 Å². The fraction of sp³-hybridized carbons (Fsp3) is 0.910. The van der Waals surface area contributed by atoms with E-state index in [1.807, 2.05) is 0 Å². The van der Waals surface area contributed by atoms with Crippen LogP contribution in [0, 0.1) is 0 Å². The molecule has 0 aromatic rings. The van der Waals surface area contributed by atoms with Crippen molar-refractivity contribution < 1.29 is 24.5 Å². The van der Waals surface area contributed by atoms with Gasteiger partial charge in [0, 0.05) is 12.8 Å². The van der Waals surface area contributed by atoms with Crippen LogP contribution in [0.5, 0.6) is 0 Å². The first-order valence-electron chi connectivity index (χ1n) is 33.1. The summed E-state index contributed by atoms with van der Waals surface area (Å²) in [4.78, 5) is 24.6. The number of hydrogen-bond donors (Lipinski definition) is 3. The highest BCUT2D eigenvalue weighted by molar-refractivity contribution is 5.76. The van der Waals surface area contributed by atoms with Gasteiger partial charge in [-0.25, -0.2) is 0 Å². The van der Waals surface area contributed by atoms with Crippen molar-refractivity contribution in [2.75, 3.05) is 13.2 Å². The standard InChI is InChI=1S/C67H129NO5/c1-3-5-7-9-11-13-15-17-19-33-37-41-45-49-53-57-61-67(72)73-62-58-54-50-46-42-38-34-31-29-27-25-23-21-20-22-24-26-28-30-32-36-40-44-48-52-56-60-66(71)68-64(63-69)65(70)59-55-51-47-43-39-35-18-16-14-12-10-8-6-4-2/h19-20,22,33,64-65,69-70H,3-18,21,23-32,34-63H2,1-2H3,(H,68,71)/b22-20-,33-19-. The number of esters is 1. The first-order valence-corrected chi connectivity index (χ1v) is 33.1. The average molecular weight is 1030 g/mol. The SMILES string of the molecule is CCCCCCCCC/C=C\CCCCCCCC(=O)OCCCCCCCCCCCCCC/C=C\CCCCCCCCCCCCC(=O)NC(CO)C(O)CCCCCCCCCCCCCCCC. The lowest BCUT2D eigenvalue weighted by molar-refractivity contribution is -0.143. The molecule has 0 heterocycles. The van der Waals surface area contributed by atoms with Gasteiger partial charge < -0.3 is 20.3 Å². The largest absolute Gasteiger partial charge is 0.466 e. The third-order valence-electron chi connectivity index (χ3n) is 15.5. The predicted octanol–water partition coefficient (Wildman–Crippen LogP) is 21.0. The zero-order chi connectivity index (χ0) is 52.9. The molecule has 0 aromatic carbocycles. The van der Waals surface area contributed by atoms with E-state index in [1.54, 1.807) is 0 Å². The Kier molecular flexibility index (Phi) is 61.4. The minimum absolute atomic E-state index is 0.00744. The highest BCUT2D eigenvalue weighted by Gasteiger charge is 2.20. The van der Waals surface area contributed by atoms with Crippen LogP contribution in [0.4, 0.5) is 0 Å². The minimum atomic E-state index is -0.665. The average Bonchev–Trinajstić information content (AvgIpc) is 3.39. The van der Waals surface area contributed by atoms with Gasteiger partial charge in [0.15, 0.2) is 0 Å². The molecule has 6 nitrogen and oxygen atoms in total. The van der Waals surface area contributed by atoms with Crippen LogP contribution < -0.4 is 5.32 Å². The number of allylic oxidation sites excluding steroid dienone is 4. The van der Waals surface area contributed by atoms with Crippen LogP contribution in [0.3, 0.4) is 0 Å². The first kappa shape index (κ1) is 71.3. The van der Waals surface area contributed by atoms with Crippen molar-refractivity contribution in [1.82, 2.24) is 5.32 Å². The van der Waals surface area contributed by atoms with Crippen LogP contribution in [0.2, 0.25) is 0 Å². The van der Waals surface area contributed by atoms with Crippen molar-refractivity contribution in [2.45, 2.75) is 379 Å². The quantitative estimate of drug-likeness (QED) is 0.0320. The Morgan fingerprint density at radius 3 is 0.973 bits per heavy atom. The van der Waals surface area contributed by atoms with Crippen molar-refractivity contribution >= 4 is 11.9 Å². The summed E-state index contributed by atoms with van der Waals surface area (Å²) in [6.07, 6.45) is 77.8. The fourth-order valence-corrected chi connectivity index (χ4v) is 10.4. The van der Waals surface area contributed by atoms with E-state index in [2.05, 4.69) is 43.5 Å². The molecule has 0 aliphatic rings. The maximum atomic E-state index is 12.5. The van der Waals surface area contributed by atoms with Gasteiger partial charge in [-0.3, -0.25) is 9.59 Å². The van der Waals surface area contributed by atoms with Crippen molar-refractivity contribution in [1.29, 1.82) is 0 Å². The molecule has 0 saturated heterocycles. The number of carbonyl (C=O) groups is 2. The molecule has 6 heteroatoms. The zero-order valence-electron chi connectivity index (χ0n) is 49.4. The number of amides is 1. The van der Waals surface area contributed by atoms with Gasteiger partial charge in [0.1, 0.15) is 0 Å². The Morgan fingerprint density at radius 2 is 0.644 bits per heavy atom. The lowest BCUT2D eigenvalue weighted by Gasteiger charge is -2.22. The van der Waals surface area contributed by atoms with E-state index in [9.17, 15) is 19.8 Å². The van der Waals surface area contributed by atoms with Gasteiger partial charge >= 0.3 is 5.97 Å². The highest BCUT2D eigenvalue weighted by atomic mass is 16.5. The Hall–Kier alpha value is -1.66. The number of nitrogens with one attached hydrogen (secondary N) is 1. The van der Waals surface area contributed by atoms with E-state index in [1.165, 1.54) is 289 Å². The van der Waals surface area contributed by atoms with Crippen LogP contribution in [0.15, 0.2) is 24.3 Å². The third kappa shape index (κ3) is 59.4. The lowest BCUT2D eigenvalue weighted by atomic mass is 10.0. The van der Waals surface area contributed by atoms with E-state index in [-0.39, 0.29) is 18.5 Å². The fourth-order valence-electron chi connectivity index (χ4n) is 10.4. The van der Waals surface area contributed by atoms with Gasteiger partial charge in [-0.15, -0.1) is 0 Å². The highest BCUT2D eigenvalue weighted by Crippen LogP contribution is 2.18. The molecule has 0 aliphatic heterocycles. The molecule has 0 bridgehead atoms. The molecule has 0 radical (unpaired) electrons. The molecule has 3 N–H and O–H groups in total. The normalized spacial score (nSPS) is 12.7. The second-order valence-corrected chi connectivity index (χ2v) is 22.8. The molecule has 1 amide bonds. The minimum Gasteiger partial charge on any atom is -0.466 e. The molecule has 0 spiro atoms. The van der Waals surface area contributed by atoms with Gasteiger partial charge in [-0.05, 0) is 77.0 Å².